The quantitative estimate of drug-likeness (QED) is 0.295. The van der Waals surface area contributed by atoms with Crippen LogP contribution in [0.1, 0.15) is 34.3 Å². The predicted molar refractivity (Wildman–Crippen MR) is 122 cm³/mol. The first-order chi connectivity index (χ1) is 14.4. The normalized spacial score (nSPS) is 11.8. The van der Waals surface area contributed by atoms with Gasteiger partial charge in [0.25, 0.3) is 0 Å². The zero-order chi connectivity index (χ0) is 21.7. The Kier molecular flexibility index (Phi) is 7.23. The van der Waals surface area contributed by atoms with E-state index in [0.29, 0.717) is 22.1 Å². The molecule has 0 aliphatic carbocycles. The van der Waals surface area contributed by atoms with E-state index in [0.717, 1.165) is 32.8 Å². The third-order valence-corrected chi connectivity index (χ3v) is 6.71. The van der Waals surface area contributed by atoms with Gasteiger partial charge in [0, 0.05) is 5.39 Å². The molecule has 0 fully saturated rings. The van der Waals surface area contributed by atoms with Crippen LogP contribution in [0.25, 0.3) is 10.9 Å². The second kappa shape index (κ2) is 9.86. The molecule has 0 saturated carbocycles. The van der Waals surface area contributed by atoms with Crippen LogP contribution in [0.4, 0.5) is 5.13 Å². The number of esters is 1. The van der Waals surface area contributed by atoms with E-state index in [1.807, 2.05) is 44.2 Å². The minimum absolute atomic E-state index is 0.130. The molecular formula is C22H23N3O3S2. The number of nitrogens with zero attached hydrogens (tertiary/aromatic N) is 2. The maximum atomic E-state index is 12.8. The summed E-state index contributed by atoms with van der Waals surface area (Å²) < 4.78 is 5.06. The van der Waals surface area contributed by atoms with Gasteiger partial charge in [-0.05, 0) is 38.0 Å². The molecule has 3 rings (SSSR count). The van der Waals surface area contributed by atoms with Crippen molar-refractivity contribution in [2.75, 3.05) is 11.9 Å². The molecule has 8 heteroatoms. The summed E-state index contributed by atoms with van der Waals surface area (Å²) in [5.74, 6) is -0.641. The predicted octanol–water partition coefficient (Wildman–Crippen LogP) is 5.16. The third kappa shape index (κ3) is 5.06. The summed E-state index contributed by atoms with van der Waals surface area (Å²) in [5, 5.41) is 4.78. The molecule has 0 saturated heterocycles. The molecule has 1 atom stereocenters. The van der Waals surface area contributed by atoms with Gasteiger partial charge in [-0.1, -0.05) is 60.9 Å². The zero-order valence-electron chi connectivity index (χ0n) is 17.1. The van der Waals surface area contributed by atoms with Crippen molar-refractivity contribution in [3.63, 3.8) is 0 Å². The molecule has 6 nitrogen and oxygen atoms in total. The van der Waals surface area contributed by atoms with Gasteiger partial charge < -0.3 is 10.1 Å². The summed E-state index contributed by atoms with van der Waals surface area (Å²) in [5.41, 5.74) is 2.56. The smallest absolute Gasteiger partial charge is 0.350 e. The van der Waals surface area contributed by atoms with Crippen molar-refractivity contribution in [3.8, 4) is 0 Å². The molecule has 1 N–H and O–H groups in total. The largest absolute Gasteiger partial charge is 0.457 e. The first-order valence-electron chi connectivity index (χ1n) is 9.52. The van der Waals surface area contributed by atoms with E-state index in [9.17, 15) is 9.59 Å². The molecule has 0 bridgehead atoms. The van der Waals surface area contributed by atoms with Crippen LogP contribution < -0.4 is 5.32 Å². The fraction of sp³-hybridized carbons (Fsp3) is 0.273. The SMILES string of the molecule is C=CCOC(=O)c1sc(NC(=O)C(CC)Sc2cc(C)c3ccccc3n2)nc1C. The number of aryl methyl sites for hydroxylation is 2. The summed E-state index contributed by atoms with van der Waals surface area (Å²) in [4.78, 5) is 34.3. The summed E-state index contributed by atoms with van der Waals surface area (Å²) >= 11 is 2.53. The Morgan fingerprint density at radius 1 is 1.30 bits per heavy atom. The van der Waals surface area contributed by atoms with Gasteiger partial charge in [0.15, 0.2) is 5.13 Å². The number of carbonyl (C=O) groups is 2. The molecule has 1 amide bonds. The topological polar surface area (TPSA) is 81.2 Å². The lowest BCUT2D eigenvalue weighted by Crippen LogP contribution is -2.24. The number of anilines is 1. The van der Waals surface area contributed by atoms with E-state index >= 15 is 0 Å². The molecule has 3 aromatic rings. The lowest BCUT2D eigenvalue weighted by atomic mass is 10.1. The maximum Gasteiger partial charge on any atom is 0.350 e. The number of aromatic nitrogens is 2. The number of rotatable bonds is 8. The number of nitrogens with one attached hydrogen (secondary N) is 1. The number of ether oxygens (including phenoxy) is 1. The van der Waals surface area contributed by atoms with Crippen molar-refractivity contribution in [3.05, 3.63) is 59.1 Å². The van der Waals surface area contributed by atoms with Gasteiger partial charge in [0.05, 0.1) is 21.5 Å². The van der Waals surface area contributed by atoms with Crippen LogP contribution in [0.5, 0.6) is 0 Å². The highest BCUT2D eigenvalue weighted by Crippen LogP contribution is 2.30. The van der Waals surface area contributed by atoms with Crippen LogP contribution in [-0.2, 0) is 9.53 Å². The Morgan fingerprint density at radius 3 is 2.80 bits per heavy atom. The van der Waals surface area contributed by atoms with Gasteiger partial charge in [0.1, 0.15) is 11.5 Å². The standard InChI is InChI=1S/C22H23N3O3S2/c1-5-11-28-21(27)19-14(4)23-22(30-19)25-20(26)17(6-2)29-18-12-13(3)15-9-7-8-10-16(15)24-18/h5,7-10,12,17H,1,6,11H2,2-4H3,(H,23,25,26). The highest BCUT2D eigenvalue weighted by atomic mass is 32.2. The lowest BCUT2D eigenvalue weighted by Gasteiger charge is -2.14. The number of benzene rings is 1. The Bertz CT molecular complexity index is 1090. The number of hydrogen-bond donors (Lipinski definition) is 1. The van der Waals surface area contributed by atoms with Crippen molar-refractivity contribution in [2.24, 2.45) is 0 Å². The molecule has 0 radical (unpaired) electrons. The number of pyridine rings is 1. The number of thioether (sulfide) groups is 1. The average Bonchev–Trinajstić information content (AvgIpc) is 3.10. The van der Waals surface area contributed by atoms with Gasteiger partial charge in [-0.15, -0.1) is 0 Å². The van der Waals surface area contributed by atoms with E-state index < -0.39 is 5.97 Å². The van der Waals surface area contributed by atoms with Crippen LogP contribution in [-0.4, -0.2) is 33.7 Å². The minimum Gasteiger partial charge on any atom is -0.457 e. The molecule has 30 heavy (non-hydrogen) atoms. The monoisotopic (exact) mass is 441 g/mol. The Morgan fingerprint density at radius 2 is 2.07 bits per heavy atom. The minimum atomic E-state index is -0.470. The Hall–Kier alpha value is -2.71. The molecule has 1 unspecified atom stereocenters. The van der Waals surface area contributed by atoms with E-state index in [-0.39, 0.29) is 17.8 Å². The summed E-state index contributed by atoms with van der Waals surface area (Å²) in [6, 6.07) is 9.96. The average molecular weight is 442 g/mol. The summed E-state index contributed by atoms with van der Waals surface area (Å²) in [6.07, 6.45) is 2.13. The van der Waals surface area contributed by atoms with E-state index in [2.05, 4.69) is 21.9 Å². The van der Waals surface area contributed by atoms with Crippen LogP contribution in [0.2, 0.25) is 0 Å². The molecule has 0 aliphatic rings. The molecule has 0 spiro atoms. The maximum absolute atomic E-state index is 12.8. The van der Waals surface area contributed by atoms with E-state index in [4.69, 9.17) is 4.74 Å². The first-order valence-corrected chi connectivity index (χ1v) is 11.2. The van der Waals surface area contributed by atoms with Gasteiger partial charge >= 0.3 is 5.97 Å². The number of hydrogen-bond acceptors (Lipinski definition) is 7. The van der Waals surface area contributed by atoms with Crippen molar-refractivity contribution in [2.45, 2.75) is 37.5 Å². The number of para-hydroxylation sites is 1. The van der Waals surface area contributed by atoms with Crippen molar-refractivity contribution >= 4 is 51.0 Å². The van der Waals surface area contributed by atoms with Crippen LogP contribution in [0.15, 0.2) is 48.0 Å². The molecule has 2 aromatic heterocycles. The van der Waals surface area contributed by atoms with Gasteiger partial charge in [0.2, 0.25) is 5.91 Å². The van der Waals surface area contributed by atoms with Crippen LogP contribution in [0, 0.1) is 13.8 Å². The van der Waals surface area contributed by atoms with Crippen LogP contribution in [0.3, 0.4) is 0 Å². The second-order valence-electron chi connectivity index (χ2n) is 6.62. The Labute approximate surface area is 183 Å². The van der Waals surface area contributed by atoms with Gasteiger partial charge in [-0.2, -0.15) is 0 Å². The second-order valence-corrected chi connectivity index (χ2v) is 8.84. The van der Waals surface area contributed by atoms with E-state index in [1.165, 1.54) is 17.8 Å². The Balaban J connectivity index is 1.73. The third-order valence-electron chi connectivity index (χ3n) is 4.37. The molecule has 1 aromatic carbocycles. The van der Waals surface area contributed by atoms with Crippen molar-refractivity contribution < 1.29 is 14.3 Å². The van der Waals surface area contributed by atoms with Crippen LogP contribution >= 0.6 is 23.1 Å². The molecule has 156 valence electrons. The molecule has 0 aliphatic heterocycles. The number of amides is 1. The summed E-state index contributed by atoms with van der Waals surface area (Å²) in [7, 11) is 0. The van der Waals surface area contributed by atoms with Gasteiger partial charge in [-0.3, -0.25) is 4.79 Å². The van der Waals surface area contributed by atoms with Gasteiger partial charge in [-0.25, -0.2) is 14.8 Å². The fourth-order valence-electron chi connectivity index (χ4n) is 2.87. The fourth-order valence-corrected chi connectivity index (χ4v) is 4.76. The first kappa shape index (κ1) is 22.0. The summed E-state index contributed by atoms with van der Waals surface area (Å²) in [6.45, 7) is 9.36. The molecular weight excluding hydrogens is 418 g/mol. The van der Waals surface area contributed by atoms with Crippen molar-refractivity contribution in [1.82, 2.24) is 9.97 Å². The highest BCUT2D eigenvalue weighted by Gasteiger charge is 2.22. The number of thiazole rings is 1. The van der Waals surface area contributed by atoms with E-state index in [1.54, 1.807) is 6.92 Å². The molecule has 2 heterocycles. The zero-order valence-corrected chi connectivity index (χ0v) is 18.7. The number of carbonyl (C=O) groups excluding carboxylic acids is 2. The van der Waals surface area contributed by atoms with Crippen molar-refractivity contribution in [1.29, 1.82) is 0 Å². The highest BCUT2D eigenvalue weighted by molar-refractivity contribution is 8.00. The number of fused-ring (bicyclic) bond motifs is 1. The lowest BCUT2D eigenvalue weighted by molar-refractivity contribution is -0.115.